The number of aliphatic hydroxyl groups excluding tert-OH is 1. The molecule has 0 aromatic rings. The van der Waals surface area contributed by atoms with E-state index in [1.807, 2.05) is 13.0 Å². The first-order valence-electron chi connectivity index (χ1n) is 3.73. The van der Waals surface area contributed by atoms with E-state index in [0.29, 0.717) is 0 Å². The molecular formula is C9H16O. The maximum absolute atomic E-state index is 8.86. The Bertz CT molecular complexity index is 103. The van der Waals surface area contributed by atoms with Gasteiger partial charge in [0.15, 0.2) is 0 Å². The van der Waals surface area contributed by atoms with Gasteiger partial charge in [0.2, 0.25) is 0 Å². The number of hydrogen-bond acceptors (Lipinski definition) is 1. The summed E-state index contributed by atoms with van der Waals surface area (Å²) in [6.45, 7) is 5.37. The molecule has 1 nitrogen and oxygen atoms in total. The van der Waals surface area contributed by atoms with E-state index < -0.39 is 0 Å². The fraction of sp³-hybridized carbons (Fsp3) is 0.556. The van der Waals surface area contributed by atoms with Crippen molar-refractivity contribution < 1.29 is 5.11 Å². The van der Waals surface area contributed by atoms with Gasteiger partial charge in [-0.15, -0.1) is 0 Å². The van der Waals surface area contributed by atoms with Gasteiger partial charge < -0.3 is 5.11 Å². The number of aliphatic hydroxyl groups is 1. The van der Waals surface area contributed by atoms with Crippen molar-refractivity contribution in [3.05, 3.63) is 24.8 Å². The molecule has 1 heteroatoms. The molecule has 58 valence electrons. The van der Waals surface area contributed by atoms with Crippen molar-refractivity contribution in [2.24, 2.45) is 0 Å². The molecule has 0 saturated heterocycles. The highest BCUT2D eigenvalue weighted by Crippen LogP contribution is 2.00. The fourth-order valence-electron chi connectivity index (χ4n) is 0.724. The molecule has 0 aliphatic rings. The Morgan fingerprint density at radius 1 is 1.60 bits per heavy atom. The zero-order valence-electron chi connectivity index (χ0n) is 6.59. The number of unbranched alkanes of at least 4 members (excludes halogenated alkanes) is 1. The van der Waals surface area contributed by atoms with Crippen LogP contribution in [-0.2, 0) is 0 Å². The van der Waals surface area contributed by atoms with Crippen molar-refractivity contribution in [3.8, 4) is 0 Å². The molecule has 0 aromatic heterocycles. The maximum Gasteiger partial charge on any atom is 0.0512 e. The molecule has 0 aromatic carbocycles. The first kappa shape index (κ1) is 9.44. The molecule has 0 heterocycles. The summed E-state index contributed by atoms with van der Waals surface area (Å²) in [5.74, 6) is 0. The Morgan fingerprint density at radius 2 is 2.30 bits per heavy atom. The summed E-state index contributed by atoms with van der Waals surface area (Å²) in [6, 6.07) is 0. The summed E-state index contributed by atoms with van der Waals surface area (Å²) < 4.78 is 0. The van der Waals surface area contributed by atoms with Crippen molar-refractivity contribution in [2.75, 3.05) is 0 Å². The zero-order valence-corrected chi connectivity index (χ0v) is 6.59. The van der Waals surface area contributed by atoms with Crippen molar-refractivity contribution in [1.29, 1.82) is 0 Å². The van der Waals surface area contributed by atoms with Crippen LogP contribution >= 0.6 is 0 Å². The molecule has 0 bridgehead atoms. The number of rotatable bonds is 5. The Morgan fingerprint density at radius 3 is 2.80 bits per heavy atom. The number of hydrogen-bond donors (Lipinski definition) is 1. The van der Waals surface area contributed by atoms with Gasteiger partial charge >= 0.3 is 0 Å². The molecule has 0 rings (SSSR count). The van der Waals surface area contributed by atoms with E-state index in [2.05, 4.69) is 12.7 Å². The SMILES string of the molecule is C=C/C=C/CCC[C@@H](C)O. The van der Waals surface area contributed by atoms with E-state index >= 15 is 0 Å². The molecule has 0 unspecified atom stereocenters. The van der Waals surface area contributed by atoms with Crippen LogP contribution < -0.4 is 0 Å². The second kappa shape index (κ2) is 6.56. The van der Waals surface area contributed by atoms with Crippen LogP contribution in [0.1, 0.15) is 26.2 Å². The quantitative estimate of drug-likeness (QED) is 0.459. The Hall–Kier alpha value is -0.560. The molecule has 1 atom stereocenters. The molecule has 0 aliphatic carbocycles. The van der Waals surface area contributed by atoms with E-state index in [4.69, 9.17) is 5.11 Å². The average Bonchev–Trinajstić information content (AvgIpc) is 1.87. The summed E-state index contributed by atoms with van der Waals surface area (Å²) >= 11 is 0. The lowest BCUT2D eigenvalue weighted by molar-refractivity contribution is 0.182. The highest BCUT2D eigenvalue weighted by Gasteiger charge is 1.91. The summed E-state index contributed by atoms with van der Waals surface area (Å²) in [5, 5.41) is 8.86. The van der Waals surface area contributed by atoms with Crippen LogP contribution in [0, 0.1) is 0 Å². The monoisotopic (exact) mass is 140 g/mol. The smallest absolute Gasteiger partial charge is 0.0512 e. The molecular weight excluding hydrogens is 124 g/mol. The van der Waals surface area contributed by atoms with E-state index in [1.54, 1.807) is 6.08 Å². The van der Waals surface area contributed by atoms with Gasteiger partial charge in [-0.2, -0.15) is 0 Å². The molecule has 0 radical (unpaired) electrons. The lowest BCUT2D eigenvalue weighted by atomic mass is 10.2. The fourth-order valence-corrected chi connectivity index (χ4v) is 0.724. The minimum absolute atomic E-state index is 0.155. The largest absolute Gasteiger partial charge is 0.393 e. The van der Waals surface area contributed by atoms with Crippen LogP contribution in [0.4, 0.5) is 0 Å². The van der Waals surface area contributed by atoms with E-state index in [0.717, 1.165) is 19.3 Å². The molecule has 0 saturated carbocycles. The van der Waals surface area contributed by atoms with Crippen LogP contribution in [0.2, 0.25) is 0 Å². The highest BCUT2D eigenvalue weighted by molar-refractivity contribution is 4.96. The number of allylic oxidation sites excluding steroid dienone is 3. The molecule has 10 heavy (non-hydrogen) atoms. The molecule has 0 aliphatic heterocycles. The van der Waals surface area contributed by atoms with Gasteiger partial charge in [-0.25, -0.2) is 0 Å². The average molecular weight is 140 g/mol. The van der Waals surface area contributed by atoms with Crippen LogP contribution in [0.5, 0.6) is 0 Å². The second-order valence-electron chi connectivity index (χ2n) is 2.44. The van der Waals surface area contributed by atoms with Gasteiger partial charge in [0.25, 0.3) is 0 Å². The van der Waals surface area contributed by atoms with Crippen molar-refractivity contribution in [1.82, 2.24) is 0 Å². The Kier molecular flexibility index (Phi) is 6.19. The van der Waals surface area contributed by atoms with E-state index in [1.165, 1.54) is 0 Å². The molecule has 0 amide bonds. The van der Waals surface area contributed by atoms with E-state index in [-0.39, 0.29) is 6.10 Å². The normalized spacial score (nSPS) is 13.8. The van der Waals surface area contributed by atoms with Crippen LogP contribution in [0.25, 0.3) is 0 Å². The summed E-state index contributed by atoms with van der Waals surface area (Å²) in [5.41, 5.74) is 0. The van der Waals surface area contributed by atoms with Gasteiger partial charge in [0.1, 0.15) is 0 Å². The third-order valence-electron chi connectivity index (χ3n) is 1.26. The molecule has 0 fully saturated rings. The maximum atomic E-state index is 8.86. The highest BCUT2D eigenvalue weighted by atomic mass is 16.3. The van der Waals surface area contributed by atoms with Crippen molar-refractivity contribution in [3.63, 3.8) is 0 Å². The van der Waals surface area contributed by atoms with Crippen molar-refractivity contribution >= 4 is 0 Å². The zero-order chi connectivity index (χ0) is 7.82. The lowest BCUT2D eigenvalue weighted by Gasteiger charge is -1.99. The van der Waals surface area contributed by atoms with Crippen LogP contribution in [0.3, 0.4) is 0 Å². The van der Waals surface area contributed by atoms with Crippen LogP contribution in [-0.4, -0.2) is 11.2 Å². The summed E-state index contributed by atoms with van der Waals surface area (Å²) in [6.07, 6.45) is 8.59. The molecule has 0 spiro atoms. The van der Waals surface area contributed by atoms with Gasteiger partial charge in [-0.05, 0) is 26.2 Å². The van der Waals surface area contributed by atoms with Crippen LogP contribution in [0.15, 0.2) is 24.8 Å². The van der Waals surface area contributed by atoms with Crippen molar-refractivity contribution in [2.45, 2.75) is 32.3 Å². The minimum Gasteiger partial charge on any atom is -0.393 e. The predicted molar refractivity (Wildman–Crippen MR) is 44.9 cm³/mol. The standard InChI is InChI=1S/C9H16O/c1-3-4-5-6-7-8-9(2)10/h3-5,9-10H,1,6-8H2,2H3/b5-4+/t9-/m1/s1. The first-order chi connectivity index (χ1) is 4.77. The first-order valence-corrected chi connectivity index (χ1v) is 3.73. The van der Waals surface area contributed by atoms with Gasteiger partial charge in [0, 0.05) is 0 Å². The third kappa shape index (κ3) is 7.44. The lowest BCUT2D eigenvalue weighted by Crippen LogP contribution is -1.97. The Balaban J connectivity index is 3.04. The summed E-state index contributed by atoms with van der Waals surface area (Å²) in [4.78, 5) is 0. The van der Waals surface area contributed by atoms with Gasteiger partial charge in [-0.3, -0.25) is 0 Å². The summed E-state index contributed by atoms with van der Waals surface area (Å²) in [7, 11) is 0. The molecule has 1 N–H and O–H groups in total. The second-order valence-corrected chi connectivity index (χ2v) is 2.44. The van der Waals surface area contributed by atoms with E-state index in [9.17, 15) is 0 Å². The minimum atomic E-state index is -0.155. The topological polar surface area (TPSA) is 20.2 Å². The van der Waals surface area contributed by atoms with Gasteiger partial charge in [0.05, 0.1) is 6.10 Å². The van der Waals surface area contributed by atoms with Gasteiger partial charge in [-0.1, -0.05) is 24.8 Å². The Labute approximate surface area is 63.1 Å². The predicted octanol–water partition coefficient (Wildman–Crippen LogP) is 2.28. The third-order valence-corrected chi connectivity index (χ3v) is 1.26.